The molecule has 1 amide bonds. The molecule has 1 heterocycles. The van der Waals surface area contributed by atoms with Crippen molar-refractivity contribution in [3.63, 3.8) is 0 Å². The topological polar surface area (TPSA) is 46.3 Å². The second kappa shape index (κ2) is 5.96. The number of nitrogens with two attached hydrogens (primary N) is 1. The number of nitrogens with zero attached hydrogens (tertiary/aromatic N) is 1. The number of piperidine rings is 1. The van der Waals surface area contributed by atoms with Crippen molar-refractivity contribution in [2.45, 2.75) is 44.6 Å². The van der Waals surface area contributed by atoms with E-state index in [1.54, 1.807) is 0 Å². The van der Waals surface area contributed by atoms with Crippen LogP contribution in [0.5, 0.6) is 0 Å². The molecule has 1 aliphatic heterocycles. The number of aryl methyl sites for hydroxylation is 1. The fraction of sp³-hybridized carbons (Fsp3) is 0.588. The molecule has 108 valence electrons. The third-order valence-electron chi connectivity index (χ3n) is 4.72. The third-order valence-corrected chi connectivity index (χ3v) is 4.72. The van der Waals surface area contributed by atoms with Gasteiger partial charge in [0.25, 0.3) is 0 Å². The normalized spacial score (nSPS) is 26.1. The van der Waals surface area contributed by atoms with Gasteiger partial charge in [-0.05, 0) is 49.1 Å². The molecule has 2 aliphatic rings. The maximum Gasteiger partial charge on any atom is 0.222 e. The van der Waals surface area contributed by atoms with Crippen molar-refractivity contribution >= 4 is 5.91 Å². The highest BCUT2D eigenvalue weighted by molar-refractivity contribution is 5.76. The van der Waals surface area contributed by atoms with Crippen LogP contribution in [0.15, 0.2) is 24.3 Å². The Hall–Kier alpha value is -1.35. The van der Waals surface area contributed by atoms with Crippen LogP contribution in [0.4, 0.5) is 0 Å². The van der Waals surface area contributed by atoms with Crippen LogP contribution in [-0.4, -0.2) is 29.9 Å². The van der Waals surface area contributed by atoms with Crippen molar-refractivity contribution < 1.29 is 4.79 Å². The summed E-state index contributed by atoms with van der Waals surface area (Å²) in [6, 6.07) is 8.83. The Morgan fingerprint density at radius 3 is 2.85 bits per heavy atom. The smallest absolute Gasteiger partial charge is 0.222 e. The van der Waals surface area contributed by atoms with E-state index in [4.69, 9.17) is 5.73 Å². The molecule has 1 fully saturated rings. The number of likely N-dealkylation sites (tertiary alicyclic amines) is 1. The highest BCUT2D eigenvalue weighted by atomic mass is 16.2. The summed E-state index contributed by atoms with van der Waals surface area (Å²) < 4.78 is 0. The average molecular weight is 272 g/mol. The number of hydrogen-bond donors (Lipinski definition) is 1. The zero-order valence-electron chi connectivity index (χ0n) is 12.1. The molecular formula is C17H24N2O. The van der Waals surface area contributed by atoms with Crippen molar-refractivity contribution in [1.82, 2.24) is 4.90 Å². The molecule has 3 heteroatoms. The Kier molecular flexibility index (Phi) is 4.06. The van der Waals surface area contributed by atoms with Gasteiger partial charge in [0.1, 0.15) is 0 Å². The quantitative estimate of drug-likeness (QED) is 0.896. The van der Waals surface area contributed by atoms with Gasteiger partial charge >= 0.3 is 0 Å². The summed E-state index contributed by atoms with van der Waals surface area (Å²) in [5.74, 6) is 0.820. The van der Waals surface area contributed by atoms with Crippen molar-refractivity contribution in [2.75, 3.05) is 13.1 Å². The number of fused-ring (bicyclic) bond motifs is 1. The van der Waals surface area contributed by atoms with Gasteiger partial charge in [0.2, 0.25) is 5.91 Å². The molecule has 20 heavy (non-hydrogen) atoms. The Morgan fingerprint density at radius 2 is 2.05 bits per heavy atom. The summed E-state index contributed by atoms with van der Waals surface area (Å²) in [4.78, 5) is 14.4. The van der Waals surface area contributed by atoms with E-state index in [2.05, 4.69) is 24.3 Å². The summed E-state index contributed by atoms with van der Waals surface area (Å²) in [5, 5.41) is 0. The Morgan fingerprint density at radius 1 is 1.25 bits per heavy atom. The number of rotatable bonds is 2. The van der Waals surface area contributed by atoms with Crippen molar-refractivity contribution in [1.29, 1.82) is 0 Å². The maximum absolute atomic E-state index is 12.4. The first-order valence-corrected chi connectivity index (χ1v) is 7.82. The van der Waals surface area contributed by atoms with Gasteiger partial charge in [-0.15, -0.1) is 0 Å². The first-order valence-electron chi connectivity index (χ1n) is 7.82. The number of hydrogen-bond acceptors (Lipinski definition) is 2. The van der Waals surface area contributed by atoms with E-state index in [1.165, 1.54) is 11.1 Å². The summed E-state index contributed by atoms with van der Waals surface area (Å²) in [5.41, 5.74) is 8.87. The van der Waals surface area contributed by atoms with Gasteiger partial charge < -0.3 is 10.6 Å². The SMILES string of the molecule is NC1CCCN(C(=O)CC2CCc3ccccc3C2)C1. The lowest BCUT2D eigenvalue weighted by molar-refractivity contribution is -0.133. The van der Waals surface area contributed by atoms with Crippen LogP contribution in [0.1, 0.15) is 36.8 Å². The summed E-state index contributed by atoms with van der Waals surface area (Å²) >= 11 is 0. The lowest BCUT2D eigenvalue weighted by atomic mass is 9.82. The van der Waals surface area contributed by atoms with E-state index in [0.29, 0.717) is 18.2 Å². The fourth-order valence-electron chi connectivity index (χ4n) is 3.56. The second-order valence-electron chi connectivity index (χ2n) is 6.32. The molecule has 1 aliphatic carbocycles. The third kappa shape index (κ3) is 3.04. The molecule has 1 saturated heterocycles. The zero-order valence-corrected chi connectivity index (χ0v) is 12.1. The van der Waals surface area contributed by atoms with Crippen LogP contribution in [-0.2, 0) is 17.6 Å². The summed E-state index contributed by atoms with van der Waals surface area (Å²) in [6.07, 6.45) is 6.13. The zero-order chi connectivity index (χ0) is 13.9. The summed E-state index contributed by atoms with van der Waals surface area (Å²) in [6.45, 7) is 1.65. The molecule has 2 unspecified atom stereocenters. The average Bonchev–Trinajstić information content (AvgIpc) is 2.47. The summed E-state index contributed by atoms with van der Waals surface area (Å²) in [7, 11) is 0. The minimum absolute atomic E-state index is 0.180. The second-order valence-corrected chi connectivity index (χ2v) is 6.32. The predicted molar refractivity (Wildman–Crippen MR) is 80.4 cm³/mol. The molecule has 2 N–H and O–H groups in total. The molecule has 0 bridgehead atoms. The minimum Gasteiger partial charge on any atom is -0.341 e. The van der Waals surface area contributed by atoms with Crippen LogP contribution >= 0.6 is 0 Å². The maximum atomic E-state index is 12.4. The van der Waals surface area contributed by atoms with Crippen molar-refractivity contribution in [3.8, 4) is 0 Å². The molecule has 0 spiro atoms. The van der Waals surface area contributed by atoms with Crippen LogP contribution in [0, 0.1) is 5.92 Å². The number of carbonyl (C=O) groups excluding carboxylic acids is 1. The van der Waals surface area contributed by atoms with Crippen LogP contribution < -0.4 is 5.73 Å². The monoisotopic (exact) mass is 272 g/mol. The molecule has 0 aromatic heterocycles. The molecule has 0 radical (unpaired) electrons. The lowest BCUT2D eigenvalue weighted by Crippen LogP contribution is -2.46. The lowest BCUT2D eigenvalue weighted by Gasteiger charge is -2.32. The highest BCUT2D eigenvalue weighted by Crippen LogP contribution is 2.28. The van der Waals surface area contributed by atoms with Gasteiger partial charge in [-0.3, -0.25) is 4.79 Å². The highest BCUT2D eigenvalue weighted by Gasteiger charge is 2.25. The van der Waals surface area contributed by atoms with E-state index in [9.17, 15) is 4.79 Å². The molecule has 1 aromatic rings. The Labute approximate surface area is 121 Å². The Balaban J connectivity index is 1.58. The molecule has 0 saturated carbocycles. The van der Waals surface area contributed by atoms with Gasteiger partial charge in [-0.2, -0.15) is 0 Å². The van der Waals surface area contributed by atoms with Crippen LogP contribution in [0.25, 0.3) is 0 Å². The van der Waals surface area contributed by atoms with Crippen LogP contribution in [0.3, 0.4) is 0 Å². The van der Waals surface area contributed by atoms with E-state index in [0.717, 1.165) is 45.2 Å². The largest absolute Gasteiger partial charge is 0.341 e. The van der Waals surface area contributed by atoms with Gasteiger partial charge in [-0.25, -0.2) is 0 Å². The first kappa shape index (κ1) is 13.6. The van der Waals surface area contributed by atoms with E-state index in [1.807, 2.05) is 4.90 Å². The molecule has 2 atom stereocenters. The van der Waals surface area contributed by atoms with Crippen molar-refractivity contribution in [3.05, 3.63) is 35.4 Å². The van der Waals surface area contributed by atoms with Gasteiger partial charge in [0.05, 0.1) is 0 Å². The van der Waals surface area contributed by atoms with Gasteiger partial charge in [0, 0.05) is 25.6 Å². The number of amides is 1. The standard InChI is InChI=1S/C17H24N2O/c18-16-6-3-9-19(12-16)17(20)11-13-7-8-14-4-1-2-5-15(14)10-13/h1-2,4-5,13,16H,3,6-12,18H2. The fourth-order valence-corrected chi connectivity index (χ4v) is 3.56. The molecule has 3 rings (SSSR count). The molecular weight excluding hydrogens is 248 g/mol. The van der Waals surface area contributed by atoms with E-state index >= 15 is 0 Å². The van der Waals surface area contributed by atoms with Crippen LogP contribution in [0.2, 0.25) is 0 Å². The Bertz CT molecular complexity index is 486. The van der Waals surface area contributed by atoms with Gasteiger partial charge in [0.15, 0.2) is 0 Å². The van der Waals surface area contributed by atoms with Crippen molar-refractivity contribution in [2.24, 2.45) is 11.7 Å². The number of benzene rings is 1. The minimum atomic E-state index is 0.180. The van der Waals surface area contributed by atoms with E-state index < -0.39 is 0 Å². The first-order chi connectivity index (χ1) is 9.72. The van der Waals surface area contributed by atoms with E-state index in [-0.39, 0.29) is 6.04 Å². The predicted octanol–water partition coefficient (Wildman–Crippen LogP) is 2.13. The van der Waals surface area contributed by atoms with Gasteiger partial charge in [-0.1, -0.05) is 24.3 Å². The number of carbonyl (C=O) groups is 1. The molecule has 1 aromatic carbocycles. The molecule has 3 nitrogen and oxygen atoms in total.